The van der Waals surface area contributed by atoms with E-state index in [1.54, 1.807) is 0 Å². The van der Waals surface area contributed by atoms with E-state index in [9.17, 15) is 4.79 Å². The molecule has 0 radical (unpaired) electrons. The van der Waals surface area contributed by atoms with Crippen molar-refractivity contribution >= 4 is 6.09 Å². The molecule has 1 aliphatic carbocycles. The van der Waals surface area contributed by atoms with Gasteiger partial charge in [0.25, 0.3) is 0 Å². The lowest BCUT2D eigenvalue weighted by Crippen LogP contribution is -2.42. The number of ether oxygens (including phenoxy) is 1. The molecular weight excluding hydrogens is 196 g/mol. The summed E-state index contributed by atoms with van der Waals surface area (Å²) < 4.78 is 5.70. The molecular formula is C10H18N2O3. The molecule has 5 nitrogen and oxygen atoms in total. The average Bonchev–Trinajstić information content (AvgIpc) is 3.01. The van der Waals surface area contributed by atoms with Crippen molar-refractivity contribution in [1.82, 2.24) is 4.90 Å². The van der Waals surface area contributed by atoms with E-state index in [1.807, 2.05) is 0 Å². The van der Waals surface area contributed by atoms with E-state index in [1.165, 1.54) is 17.7 Å². The van der Waals surface area contributed by atoms with Crippen LogP contribution in [0.1, 0.15) is 25.7 Å². The van der Waals surface area contributed by atoms with E-state index in [2.05, 4.69) is 0 Å². The summed E-state index contributed by atoms with van der Waals surface area (Å²) in [7, 11) is 0. The molecule has 2 fully saturated rings. The van der Waals surface area contributed by atoms with Crippen molar-refractivity contribution in [2.75, 3.05) is 13.1 Å². The molecule has 5 heteroatoms. The molecule has 1 unspecified atom stereocenters. The van der Waals surface area contributed by atoms with Gasteiger partial charge < -0.3 is 20.5 Å². The Morgan fingerprint density at radius 2 is 1.93 bits per heavy atom. The van der Waals surface area contributed by atoms with Crippen LogP contribution >= 0.6 is 0 Å². The highest BCUT2D eigenvalue weighted by Gasteiger charge is 2.32. The van der Waals surface area contributed by atoms with Gasteiger partial charge in [0.1, 0.15) is 6.23 Å². The van der Waals surface area contributed by atoms with Gasteiger partial charge in [0.15, 0.2) is 0 Å². The zero-order valence-corrected chi connectivity index (χ0v) is 8.76. The Morgan fingerprint density at radius 3 is 2.40 bits per heavy atom. The lowest BCUT2D eigenvalue weighted by atomic mass is 10.1. The monoisotopic (exact) mass is 214 g/mol. The quantitative estimate of drug-likeness (QED) is 0.682. The highest BCUT2D eigenvalue weighted by molar-refractivity contribution is 5.64. The summed E-state index contributed by atoms with van der Waals surface area (Å²) in [5, 5.41) is 8.77. The number of hydrogen-bond acceptors (Lipinski definition) is 3. The van der Waals surface area contributed by atoms with E-state index in [4.69, 9.17) is 15.6 Å². The maximum absolute atomic E-state index is 10.7. The Kier molecular flexibility index (Phi) is 3.11. The van der Waals surface area contributed by atoms with Gasteiger partial charge >= 0.3 is 6.09 Å². The standard InChI is InChI=1S/C10H18N2O3/c11-9(7-1-2-7)15-8-3-5-12(6-4-8)10(13)14/h7-9H,1-6,11H2,(H,13,14). The Hall–Kier alpha value is -0.810. The van der Waals surface area contributed by atoms with Crippen molar-refractivity contribution in [3.63, 3.8) is 0 Å². The van der Waals surface area contributed by atoms with Crippen LogP contribution in [0.15, 0.2) is 0 Å². The fourth-order valence-corrected chi connectivity index (χ4v) is 1.94. The maximum atomic E-state index is 10.7. The van der Waals surface area contributed by atoms with Crippen LogP contribution in [0.4, 0.5) is 4.79 Å². The molecule has 2 aliphatic rings. The third-order valence-corrected chi connectivity index (χ3v) is 3.15. The Labute approximate surface area is 89.2 Å². The van der Waals surface area contributed by atoms with Gasteiger partial charge in [-0.3, -0.25) is 0 Å². The van der Waals surface area contributed by atoms with Crippen molar-refractivity contribution in [2.24, 2.45) is 11.7 Å². The Bertz CT molecular complexity index is 235. The number of carboxylic acid groups (broad SMARTS) is 1. The molecule has 1 saturated carbocycles. The fourth-order valence-electron chi connectivity index (χ4n) is 1.94. The summed E-state index contributed by atoms with van der Waals surface area (Å²) in [6, 6.07) is 0. The predicted molar refractivity (Wildman–Crippen MR) is 54.4 cm³/mol. The molecule has 15 heavy (non-hydrogen) atoms. The second kappa shape index (κ2) is 4.37. The Morgan fingerprint density at radius 1 is 1.33 bits per heavy atom. The predicted octanol–water partition coefficient (Wildman–Crippen LogP) is 0.840. The first kappa shape index (κ1) is 10.7. The van der Waals surface area contributed by atoms with Crippen LogP contribution in [0.25, 0.3) is 0 Å². The number of likely N-dealkylation sites (tertiary alicyclic amines) is 1. The number of nitrogens with zero attached hydrogens (tertiary/aromatic N) is 1. The first-order chi connectivity index (χ1) is 7.16. The second-order valence-corrected chi connectivity index (χ2v) is 4.41. The summed E-state index contributed by atoms with van der Waals surface area (Å²) in [5.41, 5.74) is 5.85. The SMILES string of the molecule is NC(OC1CCN(C(=O)O)CC1)C1CC1. The summed E-state index contributed by atoms with van der Waals surface area (Å²) in [4.78, 5) is 12.1. The topological polar surface area (TPSA) is 75.8 Å². The molecule has 0 aromatic carbocycles. The molecule has 86 valence electrons. The van der Waals surface area contributed by atoms with Gasteiger partial charge in [0, 0.05) is 13.1 Å². The molecule has 1 saturated heterocycles. The van der Waals surface area contributed by atoms with Crippen molar-refractivity contribution in [1.29, 1.82) is 0 Å². The minimum atomic E-state index is -0.833. The van der Waals surface area contributed by atoms with Crippen molar-refractivity contribution < 1.29 is 14.6 Å². The van der Waals surface area contributed by atoms with E-state index in [0.29, 0.717) is 19.0 Å². The summed E-state index contributed by atoms with van der Waals surface area (Å²) >= 11 is 0. The molecule has 1 atom stereocenters. The van der Waals surface area contributed by atoms with Gasteiger partial charge in [0.05, 0.1) is 6.10 Å². The second-order valence-electron chi connectivity index (χ2n) is 4.41. The zero-order chi connectivity index (χ0) is 10.8. The molecule has 3 N–H and O–H groups in total. The number of amides is 1. The van der Waals surface area contributed by atoms with Crippen LogP contribution in [0.2, 0.25) is 0 Å². The van der Waals surface area contributed by atoms with Gasteiger partial charge in [-0.25, -0.2) is 4.79 Å². The number of nitrogens with two attached hydrogens (primary N) is 1. The van der Waals surface area contributed by atoms with E-state index in [0.717, 1.165) is 12.8 Å². The van der Waals surface area contributed by atoms with Gasteiger partial charge in [0.2, 0.25) is 0 Å². The highest BCUT2D eigenvalue weighted by Crippen LogP contribution is 2.33. The van der Waals surface area contributed by atoms with Crippen molar-refractivity contribution in [3.8, 4) is 0 Å². The summed E-state index contributed by atoms with van der Waals surface area (Å²) in [5.74, 6) is 0.544. The summed E-state index contributed by atoms with van der Waals surface area (Å²) in [6.45, 7) is 1.13. The van der Waals surface area contributed by atoms with Crippen LogP contribution in [0.5, 0.6) is 0 Å². The molecule has 2 rings (SSSR count). The van der Waals surface area contributed by atoms with Crippen LogP contribution in [0, 0.1) is 5.92 Å². The number of rotatable bonds is 3. The largest absolute Gasteiger partial charge is 0.465 e. The highest BCUT2D eigenvalue weighted by atomic mass is 16.5. The molecule has 0 aromatic rings. The molecule has 0 spiro atoms. The number of hydrogen-bond donors (Lipinski definition) is 2. The lowest BCUT2D eigenvalue weighted by molar-refractivity contribution is -0.0459. The normalized spacial score (nSPS) is 25.3. The molecule has 0 bridgehead atoms. The first-order valence-corrected chi connectivity index (χ1v) is 5.55. The lowest BCUT2D eigenvalue weighted by Gasteiger charge is -2.31. The van der Waals surface area contributed by atoms with Crippen LogP contribution in [-0.4, -0.2) is 41.5 Å². The van der Waals surface area contributed by atoms with Crippen LogP contribution in [-0.2, 0) is 4.74 Å². The minimum Gasteiger partial charge on any atom is -0.465 e. The van der Waals surface area contributed by atoms with E-state index >= 15 is 0 Å². The number of piperidine rings is 1. The Balaban J connectivity index is 1.70. The van der Waals surface area contributed by atoms with Gasteiger partial charge in [-0.2, -0.15) is 0 Å². The smallest absolute Gasteiger partial charge is 0.407 e. The molecule has 0 aromatic heterocycles. The van der Waals surface area contributed by atoms with E-state index in [-0.39, 0.29) is 12.3 Å². The fraction of sp³-hybridized carbons (Fsp3) is 0.900. The van der Waals surface area contributed by atoms with Crippen LogP contribution < -0.4 is 5.73 Å². The van der Waals surface area contributed by atoms with Gasteiger partial charge in [-0.15, -0.1) is 0 Å². The minimum absolute atomic E-state index is 0.133. The third-order valence-electron chi connectivity index (χ3n) is 3.15. The van der Waals surface area contributed by atoms with Crippen molar-refractivity contribution in [2.45, 2.75) is 38.0 Å². The average molecular weight is 214 g/mol. The molecule has 1 aliphatic heterocycles. The van der Waals surface area contributed by atoms with Crippen molar-refractivity contribution in [3.05, 3.63) is 0 Å². The number of carbonyl (C=O) groups is 1. The third kappa shape index (κ3) is 2.82. The van der Waals surface area contributed by atoms with Gasteiger partial charge in [-0.1, -0.05) is 0 Å². The van der Waals surface area contributed by atoms with Gasteiger partial charge in [-0.05, 0) is 31.6 Å². The summed E-state index contributed by atoms with van der Waals surface area (Å²) in [6.07, 6.45) is 3.08. The zero-order valence-electron chi connectivity index (χ0n) is 8.76. The molecule has 1 amide bonds. The van der Waals surface area contributed by atoms with Crippen LogP contribution in [0.3, 0.4) is 0 Å². The molecule has 1 heterocycles. The first-order valence-electron chi connectivity index (χ1n) is 5.55. The maximum Gasteiger partial charge on any atom is 0.407 e. The van der Waals surface area contributed by atoms with E-state index < -0.39 is 6.09 Å².